The Morgan fingerprint density at radius 1 is 1.25 bits per heavy atom. The number of alkyl halides is 3. The highest BCUT2D eigenvalue weighted by Gasteiger charge is 2.31. The lowest BCUT2D eigenvalue weighted by molar-refractivity contribution is -0.139. The van der Waals surface area contributed by atoms with Gasteiger partial charge in [0.05, 0.1) is 5.56 Å². The van der Waals surface area contributed by atoms with Gasteiger partial charge in [-0.3, -0.25) is 0 Å². The van der Waals surface area contributed by atoms with Gasteiger partial charge >= 0.3 is 18.2 Å². The van der Waals surface area contributed by atoms with Gasteiger partial charge in [0.15, 0.2) is 0 Å². The van der Waals surface area contributed by atoms with Gasteiger partial charge in [0.25, 0.3) is 0 Å². The Kier molecular flexibility index (Phi) is 7.62. The molecule has 0 aliphatic heterocycles. The van der Waals surface area contributed by atoms with E-state index in [0.717, 1.165) is 12.1 Å². The summed E-state index contributed by atoms with van der Waals surface area (Å²) >= 11 is 0. The molecular weight excluding hydrogens is 347 g/mol. The van der Waals surface area contributed by atoms with E-state index in [1.807, 2.05) is 0 Å². The molecule has 0 aliphatic carbocycles. The Labute approximate surface area is 144 Å². The van der Waals surface area contributed by atoms with Gasteiger partial charge in [0.1, 0.15) is 11.6 Å². The van der Waals surface area contributed by atoms with Crippen LogP contribution in [0.25, 0.3) is 0 Å². The summed E-state index contributed by atoms with van der Waals surface area (Å²) in [6, 6.07) is 2.90. The summed E-state index contributed by atoms with van der Waals surface area (Å²) in [7, 11) is 0. The van der Waals surface area contributed by atoms with Crippen molar-refractivity contribution in [1.82, 2.24) is 5.32 Å². The number of carboxylic acid groups (broad SMARTS) is 1. The van der Waals surface area contributed by atoms with Gasteiger partial charge in [-0.15, -0.1) is 0 Å². The highest BCUT2D eigenvalue weighted by atomic mass is 32.1. The molecule has 1 aromatic rings. The average Bonchev–Trinajstić information content (AvgIpc) is 2.35. The number of alkyl carbamates (subject to hydrolysis) is 1. The number of benzene rings is 1. The number of hydrogen-bond donors (Lipinski definition) is 2. The van der Waals surface area contributed by atoms with E-state index in [4.69, 9.17) is 9.84 Å². The summed E-state index contributed by atoms with van der Waals surface area (Å²) in [5, 5.41) is 11.3. The van der Waals surface area contributed by atoms with E-state index in [9.17, 15) is 22.8 Å². The minimum absolute atomic E-state index is 0. The molecule has 0 aromatic heterocycles. The largest absolute Gasteiger partial charge is 0.480 e. The van der Waals surface area contributed by atoms with Crippen molar-refractivity contribution in [2.75, 3.05) is 0 Å². The predicted octanol–water partition coefficient (Wildman–Crippen LogP) is 3.34. The molecule has 1 rings (SSSR count). The van der Waals surface area contributed by atoms with Crippen molar-refractivity contribution < 1.29 is 32.6 Å². The molecule has 0 unspecified atom stereocenters. The third-order valence-electron chi connectivity index (χ3n) is 2.68. The molecule has 0 saturated heterocycles. The molecule has 0 fully saturated rings. The average molecular weight is 367 g/mol. The number of aliphatic carboxylic acids is 1. The minimum Gasteiger partial charge on any atom is -0.480 e. The van der Waals surface area contributed by atoms with E-state index >= 15 is 0 Å². The summed E-state index contributed by atoms with van der Waals surface area (Å²) < 4.78 is 42.9. The zero-order valence-corrected chi connectivity index (χ0v) is 14.4. The van der Waals surface area contributed by atoms with Gasteiger partial charge in [0.2, 0.25) is 0 Å². The van der Waals surface area contributed by atoms with E-state index in [2.05, 4.69) is 5.32 Å². The lowest BCUT2D eigenvalue weighted by atomic mass is 10.0. The second kappa shape index (κ2) is 8.27. The van der Waals surface area contributed by atoms with Gasteiger partial charge in [-0.05, 0) is 32.4 Å². The lowest BCUT2D eigenvalue weighted by Gasteiger charge is -2.22. The van der Waals surface area contributed by atoms with Crippen molar-refractivity contribution in [2.24, 2.45) is 0 Å². The van der Waals surface area contributed by atoms with Crippen molar-refractivity contribution in [3.05, 3.63) is 35.4 Å². The molecule has 0 saturated carbocycles. The first-order valence-corrected chi connectivity index (χ1v) is 6.77. The van der Waals surface area contributed by atoms with Crippen molar-refractivity contribution in [3.8, 4) is 0 Å². The molecule has 1 atom stereocenters. The molecule has 2 N–H and O–H groups in total. The second-order valence-corrected chi connectivity index (χ2v) is 5.94. The van der Waals surface area contributed by atoms with Gasteiger partial charge < -0.3 is 15.2 Å². The van der Waals surface area contributed by atoms with Crippen LogP contribution in [0.1, 0.15) is 31.9 Å². The summed E-state index contributed by atoms with van der Waals surface area (Å²) in [5.74, 6) is -1.37. The predicted molar refractivity (Wildman–Crippen MR) is 86.3 cm³/mol. The molecule has 9 heteroatoms. The molecule has 0 aliphatic rings. The number of hydrogen-bond acceptors (Lipinski definition) is 3. The molecular formula is C15H20F3NO4S. The maximum absolute atomic E-state index is 12.7. The Bertz CT molecular complexity index is 585. The van der Waals surface area contributed by atoms with Crippen LogP contribution in [-0.2, 0) is 22.1 Å². The maximum Gasteiger partial charge on any atom is 0.416 e. The van der Waals surface area contributed by atoms with Crippen LogP contribution in [-0.4, -0.2) is 28.8 Å². The Morgan fingerprint density at radius 3 is 2.29 bits per heavy atom. The molecule has 0 heterocycles. The molecule has 5 nitrogen and oxygen atoms in total. The number of rotatable bonds is 4. The zero-order chi connectivity index (χ0) is 17.8. The van der Waals surface area contributed by atoms with E-state index in [-0.39, 0.29) is 25.5 Å². The first-order valence-electron chi connectivity index (χ1n) is 6.77. The number of carbonyl (C=O) groups is 2. The van der Waals surface area contributed by atoms with Crippen LogP contribution in [0.15, 0.2) is 24.3 Å². The number of halogens is 3. The first kappa shape index (κ1) is 22.1. The fourth-order valence-electron chi connectivity index (χ4n) is 1.76. The fourth-order valence-corrected chi connectivity index (χ4v) is 1.76. The summed E-state index contributed by atoms with van der Waals surface area (Å²) in [6.45, 7) is 4.82. The summed E-state index contributed by atoms with van der Waals surface area (Å²) in [6.07, 6.45) is -5.76. The van der Waals surface area contributed by atoms with Gasteiger partial charge in [-0.1, -0.05) is 18.2 Å². The topological polar surface area (TPSA) is 75.6 Å². The first-order chi connectivity index (χ1) is 10.4. The normalized spacial score (nSPS) is 12.8. The molecule has 0 spiro atoms. The summed E-state index contributed by atoms with van der Waals surface area (Å²) in [5.41, 5.74) is -1.55. The molecule has 0 bridgehead atoms. The number of nitrogens with one attached hydrogen (secondary N) is 1. The van der Waals surface area contributed by atoms with E-state index in [1.54, 1.807) is 20.8 Å². The third-order valence-corrected chi connectivity index (χ3v) is 2.68. The van der Waals surface area contributed by atoms with Gasteiger partial charge in [-0.25, -0.2) is 9.59 Å². The minimum atomic E-state index is -4.52. The second-order valence-electron chi connectivity index (χ2n) is 5.94. The van der Waals surface area contributed by atoms with Gasteiger partial charge in [-0.2, -0.15) is 26.7 Å². The highest BCUT2D eigenvalue weighted by Crippen LogP contribution is 2.29. The monoisotopic (exact) mass is 367 g/mol. The Hall–Kier alpha value is -1.90. The maximum atomic E-state index is 12.7. The van der Waals surface area contributed by atoms with E-state index < -0.39 is 35.4 Å². The van der Waals surface area contributed by atoms with Crippen molar-refractivity contribution in [1.29, 1.82) is 0 Å². The molecule has 136 valence electrons. The van der Waals surface area contributed by atoms with Crippen LogP contribution >= 0.6 is 13.5 Å². The van der Waals surface area contributed by atoms with Crippen LogP contribution in [0.4, 0.5) is 18.0 Å². The summed E-state index contributed by atoms with van der Waals surface area (Å²) in [4.78, 5) is 22.8. The Morgan fingerprint density at radius 2 is 1.83 bits per heavy atom. The number of carbonyl (C=O) groups excluding carboxylic acids is 1. The lowest BCUT2D eigenvalue weighted by Crippen LogP contribution is -2.44. The highest BCUT2D eigenvalue weighted by molar-refractivity contribution is 7.59. The standard InChI is InChI=1S/C15H18F3NO4.H2S/c1-14(2,3)23-13(22)19-11(12(20)21)8-9-5-4-6-10(7-9)15(16,17)18;/h4-7,11H,8H2,1-3H3,(H,19,22)(H,20,21);1H2/t11-;/m0./s1. The van der Waals surface area contributed by atoms with Crippen LogP contribution in [0.3, 0.4) is 0 Å². The van der Waals surface area contributed by atoms with Gasteiger partial charge in [0, 0.05) is 6.42 Å². The van der Waals surface area contributed by atoms with E-state index in [0.29, 0.717) is 0 Å². The van der Waals surface area contributed by atoms with Crippen LogP contribution in [0, 0.1) is 0 Å². The van der Waals surface area contributed by atoms with Crippen LogP contribution in [0.2, 0.25) is 0 Å². The molecule has 1 aromatic carbocycles. The molecule has 24 heavy (non-hydrogen) atoms. The van der Waals surface area contributed by atoms with Crippen LogP contribution < -0.4 is 5.32 Å². The smallest absolute Gasteiger partial charge is 0.416 e. The molecule has 1 amide bonds. The third kappa shape index (κ3) is 7.58. The number of amides is 1. The van der Waals surface area contributed by atoms with Crippen LogP contribution in [0.5, 0.6) is 0 Å². The quantitative estimate of drug-likeness (QED) is 0.856. The number of carboxylic acids is 1. The Balaban J connectivity index is 0.00000529. The molecule has 0 radical (unpaired) electrons. The number of ether oxygens (including phenoxy) is 1. The SMILES string of the molecule is CC(C)(C)OC(=O)N[C@@H](Cc1cccc(C(F)(F)F)c1)C(=O)O.S. The van der Waals surface area contributed by atoms with Crippen molar-refractivity contribution in [2.45, 2.75) is 45.0 Å². The van der Waals surface area contributed by atoms with Crippen molar-refractivity contribution in [3.63, 3.8) is 0 Å². The van der Waals surface area contributed by atoms with Crippen molar-refractivity contribution >= 4 is 25.6 Å². The van der Waals surface area contributed by atoms with E-state index in [1.165, 1.54) is 12.1 Å². The zero-order valence-electron chi connectivity index (χ0n) is 13.4. The fraction of sp³-hybridized carbons (Fsp3) is 0.467.